The van der Waals surface area contributed by atoms with Crippen LogP contribution < -0.4 is 5.32 Å². The summed E-state index contributed by atoms with van der Waals surface area (Å²) in [5.41, 5.74) is 2.25. The van der Waals surface area contributed by atoms with Crippen LogP contribution in [0.4, 0.5) is 0 Å². The monoisotopic (exact) mass is 258 g/mol. The maximum atomic E-state index is 4.83. The van der Waals surface area contributed by atoms with E-state index in [1.807, 2.05) is 12.4 Å². The summed E-state index contributed by atoms with van der Waals surface area (Å²) < 4.78 is 2.38. The van der Waals surface area contributed by atoms with Crippen LogP contribution in [0.15, 0.2) is 18.5 Å². The highest BCUT2D eigenvalue weighted by Crippen LogP contribution is 2.26. The summed E-state index contributed by atoms with van der Waals surface area (Å²) in [6.07, 6.45) is 9.98. The van der Waals surface area contributed by atoms with E-state index in [4.69, 9.17) is 4.98 Å². The van der Waals surface area contributed by atoms with Crippen LogP contribution in [-0.2, 0) is 6.54 Å². The first-order valence-electron chi connectivity index (χ1n) is 7.43. The average Bonchev–Trinajstić information content (AvgIpc) is 2.64. The second kappa shape index (κ2) is 5.70. The molecule has 0 saturated carbocycles. The van der Waals surface area contributed by atoms with Gasteiger partial charge in [-0.05, 0) is 31.9 Å². The molecule has 1 N–H and O–H groups in total. The Morgan fingerprint density at radius 3 is 3.21 bits per heavy atom. The maximum absolute atomic E-state index is 4.83. The van der Waals surface area contributed by atoms with Gasteiger partial charge in [0.1, 0.15) is 11.3 Å². The maximum Gasteiger partial charge on any atom is 0.127 e. The van der Waals surface area contributed by atoms with E-state index >= 15 is 0 Å². The minimum absolute atomic E-state index is 0.404. The fraction of sp³-hybridized carbons (Fsp3) is 0.600. The van der Waals surface area contributed by atoms with Crippen molar-refractivity contribution in [3.63, 3.8) is 0 Å². The number of rotatable bonds is 3. The standard InChI is InChI=1S/C15H22N4/c1-2-10-19-14-7-9-16-11-13(14)18-15(19)12-6-4-3-5-8-17-12/h7,9,11-12,17H,2-6,8,10H2,1H3. The second-order valence-electron chi connectivity index (χ2n) is 5.34. The van der Waals surface area contributed by atoms with Crippen molar-refractivity contribution >= 4 is 11.0 Å². The molecule has 0 radical (unpaired) electrons. The third kappa shape index (κ3) is 2.50. The lowest BCUT2D eigenvalue weighted by Gasteiger charge is -2.17. The molecule has 3 rings (SSSR count). The number of fused-ring (bicyclic) bond motifs is 1. The minimum Gasteiger partial charge on any atom is -0.327 e. The number of hydrogen-bond donors (Lipinski definition) is 1. The Morgan fingerprint density at radius 1 is 1.37 bits per heavy atom. The fourth-order valence-electron chi connectivity index (χ4n) is 2.97. The molecule has 4 heteroatoms. The second-order valence-corrected chi connectivity index (χ2v) is 5.34. The van der Waals surface area contributed by atoms with E-state index in [2.05, 4.69) is 27.9 Å². The normalized spacial score (nSPS) is 20.6. The molecule has 2 aromatic rings. The Hall–Kier alpha value is -1.42. The predicted octanol–water partition coefficient (Wildman–Crippen LogP) is 3.05. The molecule has 2 aromatic heterocycles. The highest BCUT2D eigenvalue weighted by Gasteiger charge is 2.20. The summed E-state index contributed by atoms with van der Waals surface area (Å²) in [6, 6.07) is 2.49. The molecule has 0 aliphatic carbocycles. The molecular weight excluding hydrogens is 236 g/mol. The molecule has 1 unspecified atom stereocenters. The van der Waals surface area contributed by atoms with Crippen LogP contribution in [0.3, 0.4) is 0 Å². The molecule has 102 valence electrons. The van der Waals surface area contributed by atoms with E-state index < -0.39 is 0 Å². The third-order valence-electron chi connectivity index (χ3n) is 3.90. The molecule has 19 heavy (non-hydrogen) atoms. The molecule has 1 fully saturated rings. The first-order chi connectivity index (χ1) is 9.40. The van der Waals surface area contributed by atoms with Crippen molar-refractivity contribution in [2.45, 2.75) is 51.6 Å². The lowest BCUT2D eigenvalue weighted by atomic mass is 10.1. The van der Waals surface area contributed by atoms with Crippen LogP contribution in [-0.4, -0.2) is 21.1 Å². The van der Waals surface area contributed by atoms with Crippen molar-refractivity contribution < 1.29 is 0 Å². The van der Waals surface area contributed by atoms with Gasteiger partial charge in [0.05, 0.1) is 17.8 Å². The first-order valence-corrected chi connectivity index (χ1v) is 7.43. The predicted molar refractivity (Wildman–Crippen MR) is 77.0 cm³/mol. The summed E-state index contributed by atoms with van der Waals surface area (Å²) in [5.74, 6) is 1.20. The van der Waals surface area contributed by atoms with E-state index in [0.717, 1.165) is 25.0 Å². The zero-order chi connectivity index (χ0) is 13.1. The van der Waals surface area contributed by atoms with Crippen molar-refractivity contribution in [1.29, 1.82) is 0 Å². The van der Waals surface area contributed by atoms with Gasteiger partial charge in [0, 0.05) is 12.7 Å². The Kier molecular flexibility index (Phi) is 3.78. The lowest BCUT2D eigenvalue weighted by Crippen LogP contribution is -2.23. The van der Waals surface area contributed by atoms with Crippen molar-refractivity contribution in [2.75, 3.05) is 6.54 Å². The van der Waals surface area contributed by atoms with Crippen LogP contribution in [0.2, 0.25) is 0 Å². The van der Waals surface area contributed by atoms with Gasteiger partial charge in [-0.1, -0.05) is 19.8 Å². The van der Waals surface area contributed by atoms with E-state index in [1.54, 1.807) is 0 Å². The van der Waals surface area contributed by atoms with Crippen LogP contribution >= 0.6 is 0 Å². The number of hydrogen-bond acceptors (Lipinski definition) is 3. The van der Waals surface area contributed by atoms with Crippen LogP contribution in [0.5, 0.6) is 0 Å². The molecule has 0 spiro atoms. The SMILES string of the molecule is CCCn1c(C2CCCCCN2)nc2cnccc21. The zero-order valence-corrected chi connectivity index (χ0v) is 11.6. The van der Waals surface area contributed by atoms with Gasteiger partial charge in [-0.3, -0.25) is 4.98 Å². The van der Waals surface area contributed by atoms with Crippen molar-refractivity contribution in [3.8, 4) is 0 Å². The Labute approximate surface area is 114 Å². The number of nitrogens with zero attached hydrogens (tertiary/aromatic N) is 3. The van der Waals surface area contributed by atoms with Gasteiger partial charge in [-0.15, -0.1) is 0 Å². The van der Waals surface area contributed by atoms with Gasteiger partial charge in [-0.2, -0.15) is 0 Å². The smallest absolute Gasteiger partial charge is 0.127 e. The number of nitrogens with one attached hydrogen (secondary N) is 1. The average molecular weight is 258 g/mol. The summed E-state index contributed by atoms with van der Waals surface area (Å²) in [5, 5.41) is 3.65. The van der Waals surface area contributed by atoms with Crippen molar-refractivity contribution in [1.82, 2.24) is 19.9 Å². The van der Waals surface area contributed by atoms with Crippen LogP contribution in [0.1, 0.15) is 50.9 Å². The van der Waals surface area contributed by atoms with Gasteiger partial charge in [0.25, 0.3) is 0 Å². The van der Waals surface area contributed by atoms with Crippen molar-refractivity contribution in [3.05, 3.63) is 24.3 Å². The number of aryl methyl sites for hydroxylation is 1. The number of aromatic nitrogens is 3. The number of pyridine rings is 1. The molecule has 1 aliphatic rings. The van der Waals surface area contributed by atoms with Gasteiger partial charge in [0.2, 0.25) is 0 Å². The van der Waals surface area contributed by atoms with Crippen molar-refractivity contribution in [2.24, 2.45) is 0 Å². The largest absolute Gasteiger partial charge is 0.327 e. The Bertz CT molecular complexity index is 538. The third-order valence-corrected chi connectivity index (χ3v) is 3.90. The molecule has 3 heterocycles. The summed E-state index contributed by atoms with van der Waals surface area (Å²) in [4.78, 5) is 9.03. The molecule has 0 amide bonds. The Balaban J connectivity index is 2.02. The summed E-state index contributed by atoms with van der Waals surface area (Å²) in [6.45, 7) is 4.36. The topological polar surface area (TPSA) is 42.7 Å². The quantitative estimate of drug-likeness (QED) is 0.920. The van der Waals surface area contributed by atoms with E-state index in [0.29, 0.717) is 6.04 Å². The van der Waals surface area contributed by atoms with E-state index in [1.165, 1.54) is 37.0 Å². The van der Waals surface area contributed by atoms with Gasteiger partial charge in [0.15, 0.2) is 0 Å². The fourth-order valence-corrected chi connectivity index (χ4v) is 2.97. The summed E-state index contributed by atoms with van der Waals surface area (Å²) in [7, 11) is 0. The first kappa shape index (κ1) is 12.6. The molecule has 0 aromatic carbocycles. The Morgan fingerprint density at radius 2 is 2.32 bits per heavy atom. The molecule has 1 saturated heterocycles. The molecule has 0 bridgehead atoms. The van der Waals surface area contributed by atoms with Gasteiger partial charge in [-0.25, -0.2) is 4.98 Å². The molecule has 1 aliphatic heterocycles. The van der Waals surface area contributed by atoms with Gasteiger partial charge >= 0.3 is 0 Å². The van der Waals surface area contributed by atoms with Gasteiger partial charge < -0.3 is 9.88 Å². The van der Waals surface area contributed by atoms with Crippen LogP contribution in [0, 0.1) is 0 Å². The summed E-state index contributed by atoms with van der Waals surface area (Å²) >= 11 is 0. The van der Waals surface area contributed by atoms with E-state index in [9.17, 15) is 0 Å². The molecule has 4 nitrogen and oxygen atoms in total. The zero-order valence-electron chi connectivity index (χ0n) is 11.6. The molecular formula is C15H22N4. The number of imidazole rings is 1. The lowest BCUT2D eigenvalue weighted by molar-refractivity contribution is 0.480. The van der Waals surface area contributed by atoms with Crippen LogP contribution in [0.25, 0.3) is 11.0 Å². The highest BCUT2D eigenvalue weighted by atomic mass is 15.1. The molecule has 1 atom stereocenters. The highest BCUT2D eigenvalue weighted by molar-refractivity contribution is 5.74. The minimum atomic E-state index is 0.404. The van der Waals surface area contributed by atoms with E-state index in [-0.39, 0.29) is 0 Å².